The van der Waals surface area contributed by atoms with Crippen LogP contribution in [0.2, 0.25) is 0 Å². The highest BCUT2D eigenvalue weighted by atomic mass is 35.5. The van der Waals surface area contributed by atoms with Crippen molar-refractivity contribution in [3.05, 3.63) is 30.9 Å². The molecule has 126 valence electrons. The molecule has 0 aliphatic carbocycles. The lowest BCUT2D eigenvalue weighted by atomic mass is 10.2. The summed E-state index contributed by atoms with van der Waals surface area (Å²) in [4.78, 5) is 13.0. The van der Waals surface area contributed by atoms with E-state index in [1.807, 2.05) is 4.57 Å². The first kappa shape index (κ1) is 16.3. The van der Waals surface area contributed by atoms with E-state index < -0.39 is 0 Å². The van der Waals surface area contributed by atoms with Gasteiger partial charge >= 0.3 is 0 Å². The minimum absolute atomic E-state index is 0.0828. The number of phenolic OH excluding ortho intramolecular Hbond substituents is 1. The second-order valence-electron chi connectivity index (χ2n) is 5.24. The minimum atomic E-state index is 0.0828. The van der Waals surface area contributed by atoms with Crippen molar-refractivity contribution >= 4 is 34.3 Å². The number of fused-ring (bicyclic) bond motifs is 1. The van der Waals surface area contributed by atoms with Crippen molar-refractivity contribution < 1.29 is 9.84 Å². The average Bonchev–Trinajstić information content (AvgIpc) is 3.01. The van der Waals surface area contributed by atoms with Crippen LogP contribution in [0.4, 0.5) is 11.5 Å². The van der Waals surface area contributed by atoms with Gasteiger partial charge in [0, 0.05) is 24.2 Å². The number of aromatic hydroxyl groups is 1. The summed E-state index contributed by atoms with van der Waals surface area (Å²) in [6.45, 7) is 0.812. The highest BCUT2D eigenvalue weighted by Gasteiger charge is 2.11. The van der Waals surface area contributed by atoms with Crippen molar-refractivity contribution in [3.8, 4) is 11.5 Å². The standard InChI is InChI=1S/C16H18ClN5O2/c1-24-13-8-11(4-5-12(13)23)21-15-14-16(19-9-18-15)22(10-20-14)7-3-2-6-17/h4-5,8-10,23H,2-3,6-7H2,1H3,(H,18,19,21). The second kappa shape index (κ2) is 7.35. The molecule has 0 unspecified atom stereocenters. The van der Waals surface area contributed by atoms with Gasteiger partial charge in [0.25, 0.3) is 0 Å². The number of phenols is 1. The maximum absolute atomic E-state index is 9.68. The number of ether oxygens (including phenoxy) is 1. The van der Waals surface area contributed by atoms with E-state index in [1.165, 1.54) is 13.4 Å². The molecule has 8 heteroatoms. The molecule has 0 atom stereocenters. The quantitative estimate of drug-likeness (QED) is 0.387. The van der Waals surface area contributed by atoms with E-state index in [1.54, 1.807) is 24.5 Å². The van der Waals surface area contributed by atoms with Crippen molar-refractivity contribution in [2.24, 2.45) is 0 Å². The van der Waals surface area contributed by atoms with E-state index in [0.717, 1.165) is 30.7 Å². The second-order valence-corrected chi connectivity index (χ2v) is 5.62. The number of hydrogen-bond acceptors (Lipinski definition) is 6. The van der Waals surface area contributed by atoms with Crippen molar-refractivity contribution in [2.75, 3.05) is 18.3 Å². The third-order valence-electron chi connectivity index (χ3n) is 3.63. The van der Waals surface area contributed by atoms with Crippen LogP contribution in [0.3, 0.4) is 0 Å². The first-order chi connectivity index (χ1) is 11.7. The molecule has 0 aliphatic heterocycles. The van der Waals surface area contributed by atoms with Crippen molar-refractivity contribution in [1.29, 1.82) is 0 Å². The Morgan fingerprint density at radius 3 is 2.92 bits per heavy atom. The summed E-state index contributed by atoms with van der Waals surface area (Å²) < 4.78 is 7.11. The number of nitrogens with one attached hydrogen (secondary N) is 1. The van der Waals surface area contributed by atoms with Gasteiger partial charge in [0.1, 0.15) is 6.33 Å². The summed E-state index contributed by atoms with van der Waals surface area (Å²) in [6.07, 6.45) is 5.18. The van der Waals surface area contributed by atoms with Crippen LogP contribution in [-0.4, -0.2) is 37.6 Å². The van der Waals surface area contributed by atoms with Crippen LogP contribution in [-0.2, 0) is 6.54 Å². The largest absolute Gasteiger partial charge is 0.504 e. The van der Waals surface area contributed by atoms with Crippen molar-refractivity contribution in [3.63, 3.8) is 0 Å². The molecule has 0 saturated heterocycles. The van der Waals surface area contributed by atoms with Crippen LogP contribution in [0.1, 0.15) is 12.8 Å². The Labute approximate surface area is 144 Å². The van der Waals surface area contributed by atoms with Gasteiger partial charge in [-0.05, 0) is 25.0 Å². The van der Waals surface area contributed by atoms with Gasteiger partial charge in [-0.25, -0.2) is 15.0 Å². The Kier molecular flexibility index (Phi) is 5.00. The van der Waals surface area contributed by atoms with E-state index in [2.05, 4.69) is 20.3 Å². The van der Waals surface area contributed by atoms with Crippen LogP contribution >= 0.6 is 11.6 Å². The number of nitrogens with zero attached hydrogens (tertiary/aromatic N) is 4. The molecule has 24 heavy (non-hydrogen) atoms. The van der Waals surface area contributed by atoms with Crippen molar-refractivity contribution in [1.82, 2.24) is 19.5 Å². The summed E-state index contributed by atoms with van der Waals surface area (Å²) in [5, 5.41) is 12.9. The lowest BCUT2D eigenvalue weighted by Gasteiger charge is -2.09. The average molecular weight is 348 g/mol. The molecule has 0 fully saturated rings. The van der Waals surface area contributed by atoms with Crippen LogP contribution in [0.15, 0.2) is 30.9 Å². The highest BCUT2D eigenvalue weighted by Crippen LogP contribution is 2.30. The van der Waals surface area contributed by atoms with Gasteiger partial charge < -0.3 is 19.7 Å². The maximum Gasteiger partial charge on any atom is 0.165 e. The molecule has 2 aromatic heterocycles. The monoisotopic (exact) mass is 347 g/mol. The number of alkyl halides is 1. The van der Waals surface area contributed by atoms with Crippen molar-refractivity contribution in [2.45, 2.75) is 19.4 Å². The van der Waals surface area contributed by atoms with Gasteiger partial charge in [-0.3, -0.25) is 0 Å². The van der Waals surface area contributed by atoms with Gasteiger partial charge in [0.2, 0.25) is 0 Å². The number of imidazole rings is 1. The normalized spacial score (nSPS) is 10.9. The fourth-order valence-electron chi connectivity index (χ4n) is 2.40. The number of aromatic nitrogens is 4. The van der Waals surface area contributed by atoms with Crippen LogP contribution in [0, 0.1) is 0 Å². The van der Waals surface area contributed by atoms with E-state index in [-0.39, 0.29) is 5.75 Å². The highest BCUT2D eigenvalue weighted by molar-refractivity contribution is 6.17. The molecule has 2 N–H and O–H groups in total. The number of hydrogen-bond donors (Lipinski definition) is 2. The van der Waals surface area contributed by atoms with Crippen LogP contribution in [0.25, 0.3) is 11.2 Å². The maximum atomic E-state index is 9.68. The van der Waals surface area contributed by atoms with E-state index >= 15 is 0 Å². The molecule has 0 radical (unpaired) electrons. The number of unbranched alkanes of at least 4 members (excludes halogenated alkanes) is 1. The Hall–Kier alpha value is -2.54. The molecular weight excluding hydrogens is 330 g/mol. The Bertz CT molecular complexity index is 836. The Morgan fingerprint density at radius 2 is 2.12 bits per heavy atom. The Balaban J connectivity index is 1.87. The zero-order valence-electron chi connectivity index (χ0n) is 13.2. The first-order valence-corrected chi connectivity index (χ1v) is 8.12. The zero-order valence-corrected chi connectivity index (χ0v) is 14.0. The molecule has 0 spiro atoms. The number of methoxy groups -OCH3 is 1. The smallest absolute Gasteiger partial charge is 0.165 e. The number of benzene rings is 1. The predicted octanol–water partition coefficient (Wildman–Crippen LogP) is 3.30. The number of anilines is 2. The number of aryl methyl sites for hydroxylation is 1. The fourth-order valence-corrected chi connectivity index (χ4v) is 2.59. The SMILES string of the molecule is COc1cc(Nc2ncnc3c2ncn3CCCCCl)ccc1O. The summed E-state index contributed by atoms with van der Waals surface area (Å²) in [5.74, 6) is 1.72. The number of halogens is 1. The van der Waals surface area contributed by atoms with Gasteiger partial charge in [-0.1, -0.05) is 0 Å². The molecule has 2 heterocycles. The van der Waals surface area contributed by atoms with Gasteiger partial charge in [0.05, 0.1) is 13.4 Å². The molecule has 1 aromatic carbocycles. The lowest BCUT2D eigenvalue weighted by Crippen LogP contribution is -2.00. The molecule has 0 aliphatic rings. The van der Waals surface area contributed by atoms with Crippen LogP contribution < -0.4 is 10.1 Å². The van der Waals surface area contributed by atoms with Gasteiger partial charge in [-0.15, -0.1) is 11.6 Å². The first-order valence-electron chi connectivity index (χ1n) is 7.58. The molecule has 0 amide bonds. The predicted molar refractivity (Wildman–Crippen MR) is 93.2 cm³/mol. The van der Waals surface area contributed by atoms with E-state index in [4.69, 9.17) is 16.3 Å². The van der Waals surface area contributed by atoms with Crippen LogP contribution in [0.5, 0.6) is 11.5 Å². The van der Waals surface area contributed by atoms with Gasteiger partial charge in [0.15, 0.2) is 28.5 Å². The van der Waals surface area contributed by atoms with E-state index in [0.29, 0.717) is 23.0 Å². The third-order valence-corrected chi connectivity index (χ3v) is 3.89. The summed E-state index contributed by atoms with van der Waals surface area (Å²) >= 11 is 5.72. The molecule has 3 rings (SSSR count). The molecular formula is C16H18ClN5O2. The molecule has 7 nitrogen and oxygen atoms in total. The summed E-state index contributed by atoms with van der Waals surface area (Å²) in [5.41, 5.74) is 2.20. The third kappa shape index (κ3) is 3.35. The summed E-state index contributed by atoms with van der Waals surface area (Å²) in [6, 6.07) is 4.99. The lowest BCUT2D eigenvalue weighted by molar-refractivity contribution is 0.374. The minimum Gasteiger partial charge on any atom is -0.504 e. The molecule has 3 aromatic rings. The topological polar surface area (TPSA) is 85.1 Å². The number of rotatable bonds is 7. The molecule has 0 bridgehead atoms. The van der Waals surface area contributed by atoms with E-state index in [9.17, 15) is 5.11 Å². The zero-order chi connectivity index (χ0) is 16.9. The fraction of sp³-hybridized carbons (Fsp3) is 0.312. The molecule has 0 saturated carbocycles. The summed E-state index contributed by atoms with van der Waals surface area (Å²) in [7, 11) is 1.50. The Morgan fingerprint density at radius 1 is 1.25 bits per heavy atom. The van der Waals surface area contributed by atoms with Gasteiger partial charge in [-0.2, -0.15) is 0 Å².